The summed E-state index contributed by atoms with van der Waals surface area (Å²) in [6.45, 7) is 2.26. The molecule has 2 rings (SSSR count). The Morgan fingerprint density at radius 2 is 2.12 bits per heavy atom. The molecule has 1 aliphatic rings. The monoisotopic (exact) mass is 235 g/mol. The van der Waals surface area contributed by atoms with Gasteiger partial charge >= 0.3 is 0 Å². The van der Waals surface area contributed by atoms with Crippen LogP contribution < -0.4 is 4.90 Å². The Balaban J connectivity index is 2.47. The number of halogens is 1. The molecule has 1 heterocycles. The number of carbonyl (C=O) groups excluding carboxylic acids is 2. The molecule has 0 spiro atoms. The first kappa shape index (κ1) is 10.9. The van der Waals surface area contributed by atoms with Crippen LogP contribution in [0, 0.1) is 0 Å². The van der Waals surface area contributed by atoms with Gasteiger partial charge in [-0.3, -0.25) is 9.59 Å². The van der Waals surface area contributed by atoms with E-state index in [0.717, 1.165) is 0 Å². The van der Waals surface area contributed by atoms with Crippen LogP contribution in [-0.2, 0) is 4.79 Å². The molecule has 0 unspecified atom stereocenters. The van der Waals surface area contributed by atoms with Crippen LogP contribution in [0.2, 0.25) is 5.02 Å². The van der Waals surface area contributed by atoms with Crippen LogP contribution in [0.5, 0.6) is 0 Å². The quantitative estimate of drug-likeness (QED) is 0.583. The van der Waals surface area contributed by atoms with Crippen LogP contribution in [0.4, 0.5) is 5.69 Å². The SMILES string of the molecule is CC=CCN1C(=O)C(=O)c2ccc(Cl)cc21. The van der Waals surface area contributed by atoms with Gasteiger partial charge in [-0.05, 0) is 25.1 Å². The molecule has 4 heteroatoms. The smallest absolute Gasteiger partial charge is 0.299 e. The van der Waals surface area contributed by atoms with Crippen molar-refractivity contribution in [3.05, 3.63) is 40.9 Å². The standard InChI is InChI=1S/C12H10ClNO2/c1-2-3-6-14-10-7-8(13)4-5-9(10)11(15)12(14)16/h2-5,7H,6H2,1H3. The summed E-state index contributed by atoms with van der Waals surface area (Å²) < 4.78 is 0. The number of fused-ring (bicyclic) bond motifs is 1. The number of hydrogen-bond acceptors (Lipinski definition) is 2. The second-order valence-electron chi connectivity index (χ2n) is 3.48. The molecule has 0 aliphatic carbocycles. The molecule has 0 N–H and O–H groups in total. The van der Waals surface area contributed by atoms with Crippen LogP contribution in [0.3, 0.4) is 0 Å². The minimum atomic E-state index is -0.490. The molecule has 1 amide bonds. The number of carbonyl (C=O) groups is 2. The third kappa shape index (κ3) is 1.63. The minimum Gasteiger partial charge on any atom is -0.301 e. The summed E-state index contributed by atoms with van der Waals surface area (Å²) in [7, 11) is 0. The van der Waals surface area contributed by atoms with E-state index in [1.54, 1.807) is 18.2 Å². The number of benzene rings is 1. The van der Waals surface area contributed by atoms with Gasteiger partial charge in [-0.2, -0.15) is 0 Å². The first-order chi connectivity index (χ1) is 7.65. The van der Waals surface area contributed by atoms with Crippen LogP contribution in [0.25, 0.3) is 0 Å². The number of allylic oxidation sites excluding steroid dienone is 1. The Morgan fingerprint density at radius 1 is 1.38 bits per heavy atom. The molecule has 1 aromatic carbocycles. The van der Waals surface area contributed by atoms with Crippen LogP contribution in [0.1, 0.15) is 17.3 Å². The minimum absolute atomic E-state index is 0.397. The summed E-state index contributed by atoms with van der Waals surface area (Å²) >= 11 is 5.85. The van der Waals surface area contributed by atoms with E-state index in [1.165, 1.54) is 4.90 Å². The summed E-state index contributed by atoms with van der Waals surface area (Å²) in [6.07, 6.45) is 3.65. The van der Waals surface area contributed by atoms with Crippen LogP contribution >= 0.6 is 11.6 Å². The van der Waals surface area contributed by atoms with E-state index in [0.29, 0.717) is 22.8 Å². The third-order valence-electron chi connectivity index (χ3n) is 2.46. The topological polar surface area (TPSA) is 37.4 Å². The number of rotatable bonds is 2. The van der Waals surface area contributed by atoms with Crippen LogP contribution in [0.15, 0.2) is 30.4 Å². The number of Topliss-reactive ketones (excluding diaryl/α,β-unsaturated/α-hetero) is 1. The normalized spacial score (nSPS) is 15.0. The first-order valence-electron chi connectivity index (χ1n) is 4.92. The van der Waals surface area contributed by atoms with Crippen molar-refractivity contribution in [2.75, 3.05) is 11.4 Å². The molecular formula is C12H10ClNO2. The second-order valence-corrected chi connectivity index (χ2v) is 3.91. The summed E-state index contributed by atoms with van der Waals surface area (Å²) in [4.78, 5) is 24.7. The molecule has 82 valence electrons. The summed E-state index contributed by atoms with van der Waals surface area (Å²) in [6, 6.07) is 4.85. The molecule has 0 saturated heterocycles. The Labute approximate surface area is 98.3 Å². The maximum absolute atomic E-state index is 11.7. The fourth-order valence-electron chi connectivity index (χ4n) is 1.66. The molecule has 0 fully saturated rings. The molecule has 1 aliphatic heterocycles. The van der Waals surface area contributed by atoms with Crippen molar-refractivity contribution in [3.8, 4) is 0 Å². The van der Waals surface area contributed by atoms with Crippen molar-refractivity contribution in [2.24, 2.45) is 0 Å². The molecule has 0 atom stereocenters. The Kier molecular flexibility index (Phi) is 2.79. The van der Waals surface area contributed by atoms with Gasteiger partial charge in [-0.25, -0.2) is 0 Å². The maximum Gasteiger partial charge on any atom is 0.299 e. The van der Waals surface area contributed by atoms with Gasteiger partial charge in [0.05, 0.1) is 11.3 Å². The largest absolute Gasteiger partial charge is 0.301 e. The van der Waals surface area contributed by atoms with Crippen molar-refractivity contribution in [2.45, 2.75) is 6.92 Å². The molecule has 3 nitrogen and oxygen atoms in total. The predicted octanol–water partition coefficient (Wildman–Crippen LogP) is 2.45. The lowest BCUT2D eigenvalue weighted by molar-refractivity contribution is -0.114. The van der Waals surface area contributed by atoms with Gasteiger partial charge in [-0.15, -0.1) is 0 Å². The zero-order valence-corrected chi connectivity index (χ0v) is 9.49. The fourth-order valence-corrected chi connectivity index (χ4v) is 1.83. The van der Waals surface area contributed by atoms with Crippen molar-refractivity contribution in [1.29, 1.82) is 0 Å². The molecule has 0 saturated carbocycles. The third-order valence-corrected chi connectivity index (χ3v) is 2.69. The zero-order chi connectivity index (χ0) is 11.7. The highest BCUT2D eigenvalue weighted by Crippen LogP contribution is 2.31. The van der Waals surface area contributed by atoms with Gasteiger partial charge in [0.25, 0.3) is 11.7 Å². The van der Waals surface area contributed by atoms with Gasteiger partial charge in [0.15, 0.2) is 0 Å². The van der Waals surface area contributed by atoms with Crippen molar-refractivity contribution < 1.29 is 9.59 Å². The molecular weight excluding hydrogens is 226 g/mol. The van der Waals surface area contributed by atoms with Gasteiger partial charge in [0, 0.05) is 11.6 Å². The summed E-state index contributed by atoms with van der Waals surface area (Å²) in [5, 5.41) is 0.520. The van der Waals surface area contributed by atoms with Gasteiger partial charge in [-0.1, -0.05) is 23.8 Å². The van der Waals surface area contributed by atoms with E-state index in [9.17, 15) is 9.59 Å². The van der Waals surface area contributed by atoms with Gasteiger partial charge in [0.2, 0.25) is 0 Å². The second kappa shape index (κ2) is 4.10. The van der Waals surface area contributed by atoms with E-state index in [1.807, 2.05) is 19.1 Å². The van der Waals surface area contributed by atoms with Crippen LogP contribution in [-0.4, -0.2) is 18.2 Å². The van der Waals surface area contributed by atoms with Crippen molar-refractivity contribution in [3.63, 3.8) is 0 Å². The lowest BCUT2D eigenvalue weighted by Gasteiger charge is -2.13. The van der Waals surface area contributed by atoms with E-state index < -0.39 is 11.7 Å². The maximum atomic E-state index is 11.7. The van der Waals surface area contributed by atoms with Crippen molar-refractivity contribution >= 4 is 29.0 Å². The highest BCUT2D eigenvalue weighted by molar-refractivity contribution is 6.52. The lowest BCUT2D eigenvalue weighted by Crippen LogP contribution is -2.29. The predicted molar refractivity (Wildman–Crippen MR) is 62.9 cm³/mol. The Bertz CT molecular complexity index is 494. The molecule has 0 radical (unpaired) electrons. The van der Waals surface area contributed by atoms with E-state index in [4.69, 9.17) is 11.6 Å². The molecule has 0 aromatic heterocycles. The number of nitrogens with zero attached hydrogens (tertiary/aromatic N) is 1. The fraction of sp³-hybridized carbons (Fsp3) is 0.167. The highest BCUT2D eigenvalue weighted by Gasteiger charge is 2.34. The lowest BCUT2D eigenvalue weighted by atomic mass is 10.1. The molecule has 16 heavy (non-hydrogen) atoms. The Hall–Kier alpha value is -1.61. The van der Waals surface area contributed by atoms with E-state index in [-0.39, 0.29) is 0 Å². The first-order valence-corrected chi connectivity index (χ1v) is 5.30. The average molecular weight is 236 g/mol. The number of ketones is 1. The Morgan fingerprint density at radius 3 is 2.81 bits per heavy atom. The number of hydrogen-bond donors (Lipinski definition) is 0. The number of amides is 1. The van der Waals surface area contributed by atoms with E-state index in [2.05, 4.69) is 0 Å². The van der Waals surface area contributed by atoms with Gasteiger partial charge in [0.1, 0.15) is 0 Å². The average Bonchev–Trinajstić information content (AvgIpc) is 2.50. The zero-order valence-electron chi connectivity index (χ0n) is 8.74. The molecule has 1 aromatic rings. The summed E-state index contributed by atoms with van der Waals surface area (Å²) in [5.74, 6) is -0.952. The summed E-state index contributed by atoms with van der Waals surface area (Å²) in [5.41, 5.74) is 1.03. The van der Waals surface area contributed by atoms with Crippen molar-refractivity contribution in [1.82, 2.24) is 0 Å². The van der Waals surface area contributed by atoms with E-state index >= 15 is 0 Å². The molecule has 0 bridgehead atoms. The number of anilines is 1. The van der Waals surface area contributed by atoms with Gasteiger partial charge < -0.3 is 4.90 Å². The highest BCUT2D eigenvalue weighted by atomic mass is 35.5.